The SMILES string of the molecule is C[C@H]1CN([C@@H](C)CO)C(=O)Cc2cc(NS(=O)(=O)c3ccc(Cl)cc3)ccc2O[C@H]1CN(C)C(=O)Nc1ccc2c(c1)OCO2. The van der Waals surface area contributed by atoms with Gasteiger partial charge in [-0.2, -0.15) is 0 Å². The number of likely N-dealkylation sites (N-methyl/N-ethyl adjacent to an activating group) is 1. The Bertz CT molecular complexity index is 1670. The van der Waals surface area contributed by atoms with E-state index in [4.69, 9.17) is 25.8 Å². The Kier molecular flexibility index (Phi) is 9.61. The average molecular weight is 659 g/mol. The summed E-state index contributed by atoms with van der Waals surface area (Å²) in [5.41, 5.74) is 1.23. The molecule has 2 aliphatic rings. The van der Waals surface area contributed by atoms with Crippen molar-refractivity contribution in [2.75, 3.05) is 43.6 Å². The molecule has 14 heteroatoms. The number of halogens is 1. The second kappa shape index (κ2) is 13.4. The molecular weight excluding hydrogens is 624 g/mol. The molecule has 0 radical (unpaired) electrons. The van der Waals surface area contributed by atoms with E-state index in [2.05, 4.69) is 10.0 Å². The van der Waals surface area contributed by atoms with Gasteiger partial charge in [0.1, 0.15) is 11.9 Å². The highest BCUT2D eigenvalue weighted by atomic mass is 35.5. The van der Waals surface area contributed by atoms with Crippen LogP contribution in [-0.2, 0) is 21.2 Å². The largest absolute Gasteiger partial charge is 0.488 e. The monoisotopic (exact) mass is 658 g/mol. The number of carbonyl (C=O) groups excluding carboxylic acids is 2. The summed E-state index contributed by atoms with van der Waals surface area (Å²) in [6.07, 6.45) is -0.650. The third-order valence-electron chi connectivity index (χ3n) is 7.72. The molecule has 0 spiro atoms. The second-order valence-electron chi connectivity index (χ2n) is 11.1. The van der Waals surface area contributed by atoms with Gasteiger partial charge in [0.25, 0.3) is 10.0 Å². The Morgan fingerprint density at radius 2 is 1.76 bits per heavy atom. The molecule has 240 valence electrons. The van der Waals surface area contributed by atoms with Crippen molar-refractivity contribution in [1.29, 1.82) is 0 Å². The topological polar surface area (TPSA) is 147 Å². The first kappa shape index (κ1) is 32.2. The quantitative estimate of drug-likeness (QED) is 0.327. The molecule has 12 nitrogen and oxygen atoms in total. The Hall–Kier alpha value is -4.20. The van der Waals surface area contributed by atoms with Crippen LogP contribution in [0, 0.1) is 5.92 Å². The van der Waals surface area contributed by atoms with E-state index >= 15 is 0 Å². The van der Waals surface area contributed by atoms with Gasteiger partial charge in [0, 0.05) is 47.5 Å². The number of aliphatic hydroxyl groups is 1. The molecule has 3 atom stereocenters. The molecular formula is C31H35ClN4O8S. The standard InChI is InChI=1S/C31H35ClN4O8S/c1-19-15-36(20(2)17-37)30(38)13-21-12-24(34-45(40,41)25-8-4-22(32)5-9-25)7-10-26(21)44-29(19)16-35(3)31(39)33-23-6-11-27-28(14-23)43-18-42-27/h4-12,14,19-20,29,34,37H,13,15-18H2,1-3H3,(H,33,39)/t19-,20-,29-/m0/s1. The zero-order valence-corrected chi connectivity index (χ0v) is 26.6. The van der Waals surface area contributed by atoms with E-state index in [1.165, 1.54) is 29.2 Å². The molecule has 5 rings (SSSR count). The van der Waals surface area contributed by atoms with Gasteiger partial charge in [0.2, 0.25) is 12.7 Å². The van der Waals surface area contributed by atoms with E-state index < -0.39 is 22.2 Å². The van der Waals surface area contributed by atoms with Crippen molar-refractivity contribution in [2.45, 2.75) is 37.3 Å². The highest BCUT2D eigenvalue weighted by molar-refractivity contribution is 7.92. The number of nitrogens with one attached hydrogen (secondary N) is 2. The minimum atomic E-state index is -3.94. The molecule has 3 N–H and O–H groups in total. The van der Waals surface area contributed by atoms with Gasteiger partial charge in [-0.3, -0.25) is 9.52 Å². The van der Waals surface area contributed by atoms with Crippen LogP contribution >= 0.6 is 11.6 Å². The van der Waals surface area contributed by atoms with Gasteiger partial charge in [-0.25, -0.2) is 13.2 Å². The highest BCUT2D eigenvalue weighted by Gasteiger charge is 2.32. The summed E-state index contributed by atoms with van der Waals surface area (Å²) in [5, 5.41) is 13.2. The summed E-state index contributed by atoms with van der Waals surface area (Å²) < 4.78 is 45.8. The van der Waals surface area contributed by atoms with Gasteiger partial charge in [0.05, 0.1) is 30.5 Å². The molecule has 2 aliphatic heterocycles. The number of aliphatic hydroxyl groups excluding tert-OH is 1. The molecule has 0 unspecified atom stereocenters. The number of fused-ring (bicyclic) bond motifs is 2. The summed E-state index contributed by atoms with van der Waals surface area (Å²) in [6.45, 7) is 3.98. The number of sulfonamides is 1. The lowest BCUT2D eigenvalue weighted by molar-refractivity contribution is -0.134. The number of carbonyl (C=O) groups is 2. The van der Waals surface area contributed by atoms with E-state index in [0.29, 0.717) is 33.5 Å². The van der Waals surface area contributed by atoms with Crippen LogP contribution in [0.3, 0.4) is 0 Å². The smallest absolute Gasteiger partial charge is 0.321 e. The highest BCUT2D eigenvalue weighted by Crippen LogP contribution is 2.34. The number of hydrogen-bond acceptors (Lipinski definition) is 8. The van der Waals surface area contributed by atoms with Crippen LogP contribution < -0.4 is 24.2 Å². The molecule has 0 aromatic heterocycles. The fraction of sp³-hybridized carbons (Fsp3) is 0.355. The molecule has 0 saturated carbocycles. The van der Waals surface area contributed by atoms with Crippen molar-refractivity contribution in [3.05, 3.63) is 71.2 Å². The van der Waals surface area contributed by atoms with Crippen LogP contribution in [0.1, 0.15) is 19.4 Å². The van der Waals surface area contributed by atoms with Crippen LogP contribution in [0.2, 0.25) is 5.02 Å². The van der Waals surface area contributed by atoms with Gasteiger partial charge in [-0.05, 0) is 61.5 Å². The summed E-state index contributed by atoms with van der Waals surface area (Å²) in [6, 6.07) is 14.8. The molecule has 2 heterocycles. The zero-order valence-electron chi connectivity index (χ0n) is 25.0. The van der Waals surface area contributed by atoms with Crippen molar-refractivity contribution < 1.29 is 37.3 Å². The number of ether oxygens (including phenoxy) is 3. The molecule has 3 aromatic carbocycles. The lowest BCUT2D eigenvalue weighted by Crippen LogP contribution is -2.48. The minimum absolute atomic E-state index is 0.0293. The van der Waals surface area contributed by atoms with Crippen LogP contribution in [0.5, 0.6) is 17.2 Å². The van der Waals surface area contributed by atoms with Crippen molar-refractivity contribution >= 4 is 44.9 Å². The number of anilines is 2. The van der Waals surface area contributed by atoms with Crippen molar-refractivity contribution in [3.63, 3.8) is 0 Å². The predicted octanol–water partition coefficient (Wildman–Crippen LogP) is 4.18. The number of benzene rings is 3. The maximum Gasteiger partial charge on any atom is 0.321 e. The van der Waals surface area contributed by atoms with E-state index in [0.717, 1.165) is 0 Å². The lowest BCUT2D eigenvalue weighted by atomic mass is 10.0. The molecule has 0 bridgehead atoms. The normalized spacial score (nSPS) is 18.5. The number of hydrogen-bond donors (Lipinski definition) is 3. The summed E-state index contributed by atoms with van der Waals surface area (Å²) in [5.74, 6) is 1.03. The van der Waals surface area contributed by atoms with Gasteiger partial charge in [-0.15, -0.1) is 0 Å². The first-order valence-electron chi connectivity index (χ1n) is 14.3. The van der Waals surface area contributed by atoms with E-state index in [9.17, 15) is 23.1 Å². The summed E-state index contributed by atoms with van der Waals surface area (Å²) in [4.78, 5) is 29.8. The molecule has 45 heavy (non-hydrogen) atoms. The van der Waals surface area contributed by atoms with E-state index in [1.54, 1.807) is 55.3 Å². The first-order chi connectivity index (χ1) is 21.4. The van der Waals surface area contributed by atoms with Gasteiger partial charge in [0.15, 0.2) is 11.5 Å². The Balaban J connectivity index is 1.38. The van der Waals surface area contributed by atoms with E-state index in [1.807, 2.05) is 6.92 Å². The molecule has 0 aliphatic carbocycles. The van der Waals surface area contributed by atoms with Crippen LogP contribution in [-0.4, -0.2) is 80.9 Å². The summed E-state index contributed by atoms with van der Waals surface area (Å²) in [7, 11) is -2.30. The minimum Gasteiger partial charge on any atom is -0.488 e. The average Bonchev–Trinajstić information content (AvgIpc) is 3.48. The Labute approximate surface area is 266 Å². The maximum absolute atomic E-state index is 13.5. The fourth-order valence-corrected chi connectivity index (χ4v) is 6.26. The molecule has 3 aromatic rings. The van der Waals surface area contributed by atoms with Crippen molar-refractivity contribution in [2.24, 2.45) is 5.92 Å². The van der Waals surface area contributed by atoms with Gasteiger partial charge in [-0.1, -0.05) is 18.5 Å². The Morgan fingerprint density at radius 3 is 2.49 bits per heavy atom. The number of amides is 3. The van der Waals surface area contributed by atoms with Gasteiger partial charge < -0.3 is 34.4 Å². The van der Waals surface area contributed by atoms with Crippen molar-refractivity contribution in [3.8, 4) is 17.2 Å². The third-order valence-corrected chi connectivity index (χ3v) is 9.37. The number of rotatable bonds is 8. The molecule has 0 saturated heterocycles. The second-order valence-corrected chi connectivity index (χ2v) is 13.3. The molecule has 3 amide bonds. The maximum atomic E-state index is 13.5. The summed E-state index contributed by atoms with van der Waals surface area (Å²) >= 11 is 5.91. The van der Waals surface area contributed by atoms with Crippen molar-refractivity contribution in [1.82, 2.24) is 9.80 Å². The zero-order chi connectivity index (χ0) is 32.3. The van der Waals surface area contributed by atoms with Crippen LogP contribution in [0.25, 0.3) is 0 Å². The third kappa shape index (κ3) is 7.55. The lowest BCUT2D eigenvalue weighted by Gasteiger charge is -2.34. The fourth-order valence-electron chi connectivity index (χ4n) is 5.08. The number of nitrogens with zero attached hydrogens (tertiary/aromatic N) is 2. The van der Waals surface area contributed by atoms with Crippen LogP contribution in [0.4, 0.5) is 16.2 Å². The number of urea groups is 1. The van der Waals surface area contributed by atoms with E-state index in [-0.39, 0.29) is 61.3 Å². The van der Waals surface area contributed by atoms with Crippen LogP contribution in [0.15, 0.2) is 65.6 Å². The molecule has 0 fully saturated rings. The predicted molar refractivity (Wildman–Crippen MR) is 168 cm³/mol. The van der Waals surface area contributed by atoms with Gasteiger partial charge >= 0.3 is 6.03 Å². The Morgan fingerprint density at radius 1 is 1.07 bits per heavy atom. The first-order valence-corrected chi connectivity index (χ1v) is 16.2.